The van der Waals surface area contributed by atoms with E-state index < -0.39 is 17.0 Å². The molecule has 0 bridgehead atoms. The zero-order valence-corrected chi connectivity index (χ0v) is 13.7. The Kier molecular flexibility index (Phi) is 5.54. The molecule has 1 heterocycles. The van der Waals surface area contributed by atoms with Crippen molar-refractivity contribution in [3.63, 3.8) is 0 Å². The predicted octanol–water partition coefficient (Wildman–Crippen LogP) is 3.31. The average molecular weight is 333 g/mol. The normalized spacial score (nSPS) is 11.8. The van der Waals surface area contributed by atoms with Gasteiger partial charge >= 0.3 is 6.03 Å². The molecule has 0 radical (unpaired) electrons. The Hall–Kier alpha value is -2.87. The number of carbonyl (C=O) groups excluding carboxylic acids is 1. The SMILES string of the molecule is COCC(NC(=O)Nc1cc([N+](=O)[O-])c(C)cc1C)c1ccco1. The molecule has 2 N–H and O–H groups in total. The van der Waals surface area contributed by atoms with E-state index in [0.29, 0.717) is 17.0 Å². The number of carbonyl (C=O) groups is 1. The van der Waals surface area contributed by atoms with Crippen molar-refractivity contribution in [2.24, 2.45) is 0 Å². The minimum absolute atomic E-state index is 0.0459. The fourth-order valence-corrected chi connectivity index (χ4v) is 2.34. The van der Waals surface area contributed by atoms with Crippen LogP contribution in [0, 0.1) is 24.0 Å². The van der Waals surface area contributed by atoms with Crippen molar-refractivity contribution in [3.8, 4) is 0 Å². The van der Waals surface area contributed by atoms with Gasteiger partial charge in [0.15, 0.2) is 0 Å². The number of nitrogens with one attached hydrogen (secondary N) is 2. The quantitative estimate of drug-likeness (QED) is 0.623. The molecule has 0 saturated carbocycles. The van der Waals surface area contributed by atoms with E-state index in [4.69, 9.17) is 9.15 Å². The number of ether oxygens (including phenoxy) is 1. The number of nitrogens with zero attached hydrogens (tertiary/aromatic N) is 1. The van der Waals surface area contributed by atoms with Crippen LogP contribution in [-0.2, 0) is 4.74 Å². The highest BCUT2D eigenvalue weighted by Crippen LogP contribution is 2.26. The van der Waals surface area contributed by atoms with Crippen LogP contribution < -0.4 is 10.6 Å². The van der Waals surface area contributed by atoms with E-state index in [2.05, 4.69) is 10.6 Å². The van der Waals surface area contributed by atoms with Crippen LogP contribution in [0.5, 0.6) is 0 Å². The number of furan rings is 1. The Bertz CT molecular complexity index is 728. The lowest BCUT2D eigenvalue weighted by Gasteiger charge is -2.17. The summed E-state index contributed by atoms with van der Waals surface area (Å²) >= 11 is 0. The molecule has 2 rings (SSSR count). The number of hydrogen-bond acceptors (Lipinski definition) is 5. The largest absolute Gasteiger partial charge is 0.467 e. The Labute approximate surface area is 139 Å². The number of rotatable bonds is 6. The summed E-state index contributed by atoms with van der Waals surface area (Å²) in [6.07, 6.45) is 1.51. The molecule has 128 valence electrons. The summed E-state index contributed by atoms with van der Waals surface area (Å²) in [5.41, 5.74) is 1.60. The second kappa shape index (κ2) is 7.60. The molecule has 0 saturated heterocycles. The molecule has 1 aromatic carbocycles. The van der Waals surface area contributed by atoms with Gasteiger partial charge in [-0.1, -0.05) is 0 Å². The number of nitro groups is 1. The lowest BCUT2D eigenvalue weighted by atomic mass is 10.1. The summed E-state index contributed by atoms with van der Waals surface area (Å²) in [6, 6.07) is 5.48. The minimum atomic E-state index is -0.505. The predicted molar refractivity (Wildman–Crippen MR) is 88.0 cm³/mol. The highest BCUT2D eigenvalue weighted by molar-refractivity contribution is 5.91. The van der Waals surface area contributed by atoms with Crippen molar-refractivity contribution < 1.29 is 18.9 Å². The second-order valence-corrected chi connectivity index (χ2v) is 5.33. The van der Waals surface area contributed by atoms with Gasteiger partial charge in [0, 0.05) is 18.7 Å². The number of hydrogen-bond donors (Lipinski definition) is 2. The van der Waals surface area contributed by atoms with E-state index >= 15 is 0 Å². The lowest BCUT2D eigenvalue weighted by molar-refractivity contribution is -0.385. The Morgan fingerprint density at radius 3 is 2.71 bits per heavy atom. The first kappa shape index (κ1) is 17.5. The molecule has 8 heteroatoms. The van der Waals surface area contributed by atoms with Crippen LogP contribution in [0.2, 0.25) is 0 Å². The van der Waals surface area contributed by atoms with Crippen molar-refractivity contribution in [2.45, 2.75) is 19.9 Å². The minimum Gasteiger partial charge on any atom is -0.467 e. The van der Waals surface area contributed by atoms with Crippen molar-refractivity contribution in [1.82, 2.24) is 5.32 Å². The molecule has 1 unspecified atom stereocenters. The number of nitro benzene ring substituents is 1. The summed E-state index contributed by atoms with van der Waals surface area (Å²) in [5, 5.41) is 16.4. The van der Waals surface area contributed by atoms with Crippen LogP contribution in [0.25, 0.3) is 0 Å². The zero-order chi connectivity index (χ0) is 17.7. The fraction of sp³-hybridized carbons (Fsp3) is 0.312. The molecule has 0 spiro atoms. The molecular weight excluding hydrogens is 314 g/mol. The monoisotopic (exact) mass is 333 g/mol. The molecule has 2 amide bonds. The standard InChI is InChI=1S/C16H19N3O5/c1-10-7-11(2)14(19(21)22)8-12(10)17-16(20)18-13(9-23-3)15-5-4-6-24-15/h4-8,13H,9H2,1-3H3,(H2,17,18,20). The van der Waals surface area contributed by atoms with E-state index in [0.717, 1.165) is 5.56 Å². The number of benzene rings is 1. The third kappa shape index (κ3) is 4.11. The van der Waals surface area contributed by atoms with Crippen LogP contribution in [0.3, 0.4) is 0 Å². The number of methoxy groups -OCH3 is 1. The summed E-state index contributed by atoms with van der Waals surface area (Å²) in [5.74, 6) is 0.554. The van der Waals surface area contributed by atoms with E-state index in [1.807, 2.05) is 0 Å². The van der Waals surface area contributed by atoms with Crippen LogP contribution in [0.15, 0.2) is 34.9 Å². The first-order chi connectivity index (χ1) is 11.4. The van der Waals surface area contributed by atoms with Gasteiger partial charge in [-0.05, 0) is 37.6 Å². The smallest absolute Gasteiger partial charge is 0.319 e. The molecule has 1 atom stereocenters. The Morgan fingerprint density at radius 2 is 2.12 bits per heavy atom. The first-order valence-corrected chi connectivity index (χ1v) is 7.28. The van der Waals surface area contributed by atoms with Crippen LogP contribution >= 0.6 is 0 Å². The maximum absolute atomic E-state index is 12.2. The van der Waals surface area contributed by atoms with Gasteiger partial charge in [-0.15, -0.1) is 0 Å². The second-order valence-electron chi connectivity index (χ2n) is 5.33. The van der Waals surface area contributed by atoms with Crippen LogP contribution in [0.1, 0.15) is 22.9 Å². The molecule has 0 aliphatic rings. The summed E-state index contributed by atoms with van der Waals surface area (Å²) < 4.78 is 10.4. The van der Waals surface area contributed by atoms with Gasteiger partial charge in [0.2, 0.25) is 0 Å². The Morgan fingerprint density at radius 1 is 1.38 bits per heavy atom. The molecule has 2 aromatic rings. The van der Waals surface area contributed by atoms with E-state index in [-0.39, 0.29) is 12.3 Å². The zero-order valence-electron chi connectivity index (χ0n) is 13.7. The Balaban J connectivity index is 2.14. The maximum atomic E-state index is 12.2. The van der Waals surface area contributed by atoms with Gasteiger partial charge < -0.3 is 19.8 Å². The number of amides is 2. The third-order valence-corrected chi connectivity index (χ3v) is 3.51. The number of urea groups is 1. The van der Waals surface area contributed by atoms with Crippen molar-refractivity contribution >= 4 is 17.4 Å². The number of aryl methyl sites for hydroxylation is 2. The summed E-state index contributed by atoms with van der Waals surface area (Å²) in [6.45, 7) is 3.65. The van der Waals surface area contributed by atoms with E-state index in [1.54, 1.807) is 32.0 Å². The van der Waals surface area contributed by atoms with Gasteiger partial charge in [-0.25, -0.2) is 4.79 Å². The molecule has 0 aliphatic heterocycles. The fourth-order valence-electron chi connectivity index (χ4n) is 2.34. The van der Waals surface area contributed by atoms with Gasteiger partial charge in [-0.3, -0.25) is 10.1 Å². The molecule has 24 heavy (non-hydrogen) atoms. The first-order valence-electron chi connectivity index (χ1n) is 7.28. The summed E-state index contributed by atoms with van der Waals surface area (Å²) in [7, 11) is 1.52. The molecule has 1 aromatic heterocycles. The van der Waals surface area contributed by atoms with Crippen molar-refractivity contribution in [3.05, 3.63) is 57.5 Å². The highest BCUT2D eigenvalue weighted by Gasteiger charge is 2.19. The highest BCUT2D eigenvalue weighted by atomic mass is 16.6. The van der Waals surface area contributed by atoms with Crippen LogP contribution in [-0.4, -0.2) is 24.7 Å². The van der Waals surface area contributed by atoms with Crippen molar-refractivity contribution in [1.29, 1.82) is 0 Å². The lowest BCUT2D eigenvalue weighted by Crippen LogP contribution is -2.34. The van der Waals surface area contributed by atoms with Gasteiger partial charge in [0.25, 0.3) is 5.69 Å². The van der Waals surface area contributed by atoms with Gasteiger partial charge in [0.05, 0.1) is 23.5 Å². The molecule has 0 fully saturated rings. The van der Waals surface area contributed by atoms with E-state index in [1.165, 1.54) is 19.4 Å². The maximum Gasteiger partial charge on any atom is 0.319 e. The number of anilines is 1. The van der Waals surface area contributed by atoms with Crippen LogP contribution in [0.4, 0.5) is 16.2 Å². The molecule has 0 aliphatic carbocycles. The third-order valence-electron chi connectivity index (χ3n) is 3.51. The topological polar surface area (TPSA) is 107 Å². The molecule has 8 nitrogen and oxygen atoms in total. The van der Waals surface area contributed by atoms with Crippen molar-refractivity contribution in [2.75, 3.05) is 19.0 Å². The summed E-state index contributed by atoms with van der Waals surface area (Å²) in [4.78, 5) is 22.8. The molecular formula is C16H19N3O5. The average Bonchev–Trinajstić information content (AvgIpc) is 3.03. The van der Waals surface area contributed by atoms with E-state index in [9.17, 15) is 14.9 Å². The van der Waals surface area contributed by atoms with Gasteiger partial charge in [0.1, 0.15) is 11.8 Å². The van der Waals surface area contributed by atoms with Gasteiger partial charge in [-0.2, -0.15) is 0 Å².